The summed E-state index contributed by atoms with van der Waals surface area (Å²) in [6, 6.07) is 15.1. The Kier molecular flexibility index (Phi) is 4.23. The molecule has 1 aliphatic rings. The van der Waals surface area contributed by atoms with E-state index < -0.39 is 11.0 Å². The monoisotopic (exact) mass is 312 g/mol. The molecule has 6 nitrogen and oxygen atoms in total. The lowest BCUT2D eigenvalue weighted by atomic mass is 10.0. The Hall–Kier alpha value is -2.89. The van der Waals surface area contributed by atoms with Crippen LogP contribution in [0.5, 0.6) is 5.75 Å². The van der Waals surface area contributed by atoms with Gasteiger partial charge in [-0.3, -0.25) is 10.1 Å². The van der Waals surface area contributed by atoms with Crippen LogP contribution in [-0.4, -0.2) is 11.0 Å². The first-order valence-corrected chi connectivity index (χ1v) is 7.41. The van der Waals surface area contributed by atoms with Gasteiger partial charge in [-0.1, -0.05) is 30.3 Å². The van der Waals surface area contributed by atoms with Gasteiger partial charge in [-0.2, -0.15) is 0 Å². The van der Waals surface area contributed by atoms with Crippen LogP contribution in [0, 0.1) is 16.0 Å². The number of nitrogens with zero attached hydrogens (tertiary/aromatic N) is 1. The molecular formula is C17H16N2O4. The molecule has 0 saturated heterocycles. The molecule has 0 bridgehead atoms. The smallest absolute Gasteiger partial charge is 0.410 e. The Morgan fingerprint density at radius 1 is 1.13 bits per heavy atom. The zero-order valence-electron chi connectivity index (χ0n) is 12.3. The zero-order valence-corrected chi connectivity index (χ0v) is 12.3. The van der Waals surface area contributed by atoms with Gasteiger partial charge < -0.3 is 10.1 Å². The number of rotatable bonds is 5. The van der Waals surface area contributed by atoms with Gasteiger partial charge in [-0.25, -0.2) is 4.79 Å². The molecule has 1 fully saturated rings. The SMILES string of the molecule is O=C(NC(c1ccccc1)C1CC1)Oc1ccc([N+](=O)[O-])cc1. The van der Waals surface area contributed by atoms with Crippen molar-refractivity contribution < 1.29 is 14.5 Å². The first-order valence-electron chi connectivity index (χ1n) is 7.41. The number of benzene rings is 2. The Morgan fingerprint density at radius 3 is 2.35 bits per heavy atom. The molecule has 2 aromatic carbocycles. The molecule has 1 aliphatic carbocycles. The molecule has 3 rings (SSSR count). The van der Waals surface area contributed by atoms with Gasteiger partial charge in [0.05, 0.1) is 11.0 Å². The lowest BCUT2D eigenvalue weighted by molar-refractivity contribution is -0.384. The summed E-state index contributed by atoms with van der Waals surface area (Å²) in [5.74, 6) is 0.706. The second kappa shape index (κ2) is 6.48. The number of non-ortho nitro benzene ring substituents is 1. The minimum Gasteiger partial charge on any atom is -0.410 e. The minimum atomic E-state index is -0.556. The first kappa shape index (κ1) is 15.0. The lowest BCUT2D eigenvalue weighted by Gasteiger charge is -2.18. The number of nitrogens with one attached hydrogen (secondary N) is 1. The summed E-state index contributed by atoms with van der Waals surface area (Å²) < 4.78 is 5.21. The Balaban J connectivity index is 1.64. The van der Waals surface area contributed by atoms with Crippen LogP contribution in [0.1, 0.15) is 24.4 Å². The van der Waals surface area contributed by atoms with Crippen LogP contribution in [0.25, 0.3) is 0 Å². The predicted molar refractivity (Wildman–Crippen MR) is 84.2 cm³/mol. The van der Waals surface area contributed by atoms with Crippen LogP contribution >= 0.6 is 0 Å². The van der Waals surface area contributed by atoms with E-state index in [-0.39, 0.29) is 17.5 Å². The molecule has 2 aromatic rings. The number of amides is 1. The van der Waals surface area contributed by atoms with Gasteiger partial charge in [0, 0.05) is 12.1 Å². The average Bonchev–Trinajstić information content (AvgIpc) is 3.39. The summed E-state index contributed by atoms with van der Waals surface area (Å²) in [7, 11) is 0. The van der Waals surface area contributed by atoms with E-state index in [1.165, 1.54) is 24.3 Å². The van der Waals surface area contributed by atoms with E-state index >= 15 is 0 Å². The summed E-state index contributed by atoms with van der Waals surface area (Å²) >= 11 is 0. The van der Waals surface area contributed by atoms with E-state index in [4.69, 9.17) is 4.74 Å². The van der Waals surface area contributed by atoms with E-state index in [0.29, 0.717) is 5.92 Å². The second-order valence-electron chi connectivity index (χ2n) is 5.51. The number of carbonyl (C=O) groups is 1. The number of carbonyl (C=O) groups excluding carboxylic acids is 1. The summed E-state index contributed by atoms with van der Waals surface area (Å²) in [5.41, 5.74) is 1.01. The van der Waals surface area contributed by atoms with Crippen LogP contribution in [-0.2, 0) is 0 Å². The third kappa shape index (κ3) is 3.85. The van der Waals surface area contributed by atoms with Gasteiger partial charge in [0.25, 0.3) is 5.69 Å². The van der Waals surface area contributed by atoms with Crippen LogP contribution in [0.3, 0.4) is 0 Å². The van der Waals surface area contributed by atoms with Crippen molar-refractivity contribution >= 4 is 11.8 Å². The number of ether oxygens (including phenoxy) is 1. The molecule has 0 radical (unpaired) electrons. The highest BCUT2D eigenvalue weighted by Gasteiger charge is 2.33. The molecule has 0 heterocycles. The van der Waals surface area contributed by atoms with E-state index in [9.17, 15) is 14.9 Å². The van der Waals surface area contributed by atoms with Gasteiger partial charge in [-0.05, 0) is 36.5 Å². The molecule has 118 valence electrons. The predicted octanol–water partition coefficient (Wildman–Crippen LogP) is 3.83. The topological polar surface area (TPSA) is 81.5 Å². The highest BCUT2D eigenvalue weighted by Crippen LogP contribution is 2.41. The fraction of sp³-hybridized carbons (Fsp3) is 0.235. The number of hydrogen-bond acceptors (Lipinski definition) is 4. The summed E-state index contributed by atoms with van der Waals surface area (Å²) in [5, 5.41) is 13.5. The van der Waals surface area contributed by atoms with Crippen molar-refractivity contribution in [3.63, 3.8) is 0 Å². The van der Waals surface area contributed by atoms with Crippen molar-refractivity contribution in [1.29, 1.82) is 0 Å². The highest BCUT2D eigenvalue weighted by atomic mass is 16.6. The molecule has 6 heteroatoms. The van der Waals surface area contributed by atoms with Gasteiger partial charge in [0.2, 0.25) is 0 Å². The maximum absolute atomic E-state index is 12.1. The van der Waals surface area contributed by atoms with Crippen molar-refractivity contribution in [1.82, 2.24) is 5.32 Å². The van der Waals surface area contributed by atoms with Crippen LogP contribution < -0.4 is 10.1 Å². The van der Waals surface area contributed by atoms with Gasteiger partial charge in [0.15, 0.2) is 0 Å². The van der Waals surface area contributed by atoms with Crippen molar-refractivity contribution in [2.24, 2.45) is 5.92 Å². The number of hydrogen-bond donors (Lipinski definition) is 1. The van der Waals surface area contributed by atoms with Crippen molar-refractivity contribution in [3.8, 4) is 5.75 Å². The van der Waals surface area contributed by atoms with Crippen LogP contribution in [0.4, 0.5) is 10.5 Å². The third-order valence-corrected chi connectivity index (χ3v) is 3.78. The van der Waals surface area contributed by atoms with Gasteiger partial charge in [0.1, 0.15) is 5.75 Å². The van der Waals surface area contributed by atoms with Crippen molar-refractivity contribution in [3.05, 3.63) is 70.3 Å². The summed E-state index contributed by atoms with van der Waals surface area (Å²) in [4.78, 5) is 22.2. The molecular weight excluding hydrogens is 296 g/mol. The van der Waals surface area contributed by atoms with Gasteiger partial charge >= 0.3 is 6.09 Å². The molecule has 1 unspecified atom stereocenters. The molecule has 0 aromatic heterocycles. The quantitative estimate of drug-likeness (QED) is 0.672. The van der Waals surface area contributed by atoms with Crippen LogP contribution in [0.2, 0.25) is 0 Å². The Labute approximate surface area is 133 Å². The first-order chi connectivity index (χ1) is 11.1. The fourth-order valence-corrected chi connectivity index (χ4v) is 2.46. The Bertz CT molecular complexity index is 696. The third-order valence-electron chi connectivity index (χ3n) is 3.78. The van der Waals surface area contributed by atoms with Crippen LogP contribution in [0.15, 0.2) is 54.6 Å². The van der Waals surface area contributed by atoms with E-state index in [1.807, 2.05) is 30.3 Å². The summed E-state index contributed by atoms with van der Waals surface area (Å²) in [6.07, 6.45) is 1.61. The molecule has 1 atom stereocenters. The number of nitro benzene ring substituents is 1. The molecule has 0 aliphatic heterocycles. The normalized spacial score (nSPS) is 14.8. The second-order valence-corrected chi connectivity index (χ2v) is 5.51. The largest absolute Gasteiger partial charge is 0.413 e. The Morgan fingerprint density at radius 2 is 1.78 bits per heavy atom. The molecule has 1 amide bonds. The van der Waals surface area contributed by atoms with E-state index in [2.05, 4.69) is 5.32 Å². The van der Waals surface area contributed by atoms with Crippen molar-refractivity contribution in [2.75, 3.05) is 0 Å². The van der Waals surface area contributed by atoms with E-state index in [0.717, 1.165) is 18.4 Å². The minimum absolute atomic E-state index is 0.0436. The summed E-state index contributed by atoms with van der Waals surface area (Å²) in [6.45, 7) is 0. The maximum atomic E-state index is 12.1. The lowest BCUT2D eigenvalue weighted by Crippen LogP contribution is -2.32. The van der Waals surface area contributed by atoms with Gasteiger partial charge in [-0.15, -0.1) is 0 Å². The van der Waals surface area contributed by atoms with Crippen molar-refractivity contribution in [2.45, 2.75) is 18.9 Å². The average molecular weight is 312 g/mol. The maximum Gasteiger partial charge on any atom is 0.413 e. The number of nitro groups is 1. The molecule has 1 saturated carbocycles. The van der Waals surface area contributed by atoms with E-state index in [1.54, 1.807) is 0 Å². The standard InChI is InChI=1S/C17H16N2O4/c20-17(23-15-10-8-14(9-11-15)19(21)22)18-16(13-6-7-13)12-4-2-1-3-5-12/h1-5,8-11,13,16H,6-7H2,(H,18,20). The highest BCUT2D eigenvalue weighted by molar-refractivity contribution is 5.71. The molecule has 23 heavy (non-hydrogen) atoms. The molecule has 1 N–H and O–H groups in total. The fourth-order valence-electron chi connectivity index (χ4n) is 2.46. The zero-order chi connectivity index (χ0) is 16.2. The molecule has 0 spiro atoms.